The first-order valence-corrected chi connectivity index (χ1v) is 9.26. The Morgan fingerprint density at radius 2 is 2.17 bits per heavy atom. The Labute approximate surface area is 167 Å². The number of rotatable bonds is 5. The highest BCUT2D eigenvalue weighted by molar-refractivity contribution is 6.44. The number of imidazole rings is 1. The van der Waals surface area contributed by atoms with Crippen molar-refractivity contribution in [2.45, 2.75) is 24.9 Å². The van der Waals surface area contributed by atoms with Gasteiger partial charge >= 0.3 is 13.1 Å². The van der Waals surface area contributed by atoms with Gasteiger partial charge in [-0.15, -0.1) is 0 Å². The zero-order valence-corrected chi connectivity index (χ0v) is 15.8. The predicted molar refractivity (Wildman–Crippen MR) is 102 cm³/mol. The zero-order chi connectivity index (χ0) is 20.7. The second kappa shape index (κ2) is 7.41. The summed E-state index contributed by atoms with van der Waals surface area (Å²) in [6.45, 7) is 0.591. The summed E-state index contributed by atoms with van der Waals surface area (Å²) in [6, 6.07) is 2.51. The SMILES string of the molecule is Cn1cncc1C(N)C(=O)N1CC(Oc2ccc3c(c2C(=O)O)OB(O)CC3)C1. The number of fused-ring (bicyclic) bond motifs is 1. The summed E-state index contributed by atoms with van der Waals surface area (Å²) < 4.78 is 12.9. The van der Waals surface area contributed by atoms with Gasteiger partial charge in [0, 0.05) is 7.05 Å². The summed E-state index contributed by atoms with van der Waals surface area (Å²) in [5.74, 6) is -1.15. The molecule has 4 rings (SSSR count). The molecule has 152 valence electrons. The number of hydrogen-bond acceptors (Lipinski definition) is 7. The van der Waals surface area contributed by atoms with E-state index in [0.717, 1.165) is 0 Å². The van der Waals surface area contributed by atoms with Gasteiger partial charge in [-0.05, 0) is 24.4 Å². The van der Waals surface area contributed by atoms with Crippen molar-refractivity contribution in [3.05, 3.63) is 41.5 Å². The van der Waals surface area contributed by atoms with Crippen molar-refractivity contribution < 1.29 is 29.1 Å². The third-order valence-corrected chi connectivity index (χ3v) is 5.22. The van der Waals surface area contributed by atoms with E-state index in [1.54, 1.807) is 41.2 Å². The number of nitrogens with zero attached hydrogens (tertiary/aromatic N) is 3. The summed E-state index contributed by atoms with van der Waals surface area (Å²) in [6.07, 6.45) is 3.70. The monoisotopic (exact) mass is 400 g/mol. The van der Waals surface area contributed by atoms with Crippen LogP contribution in [0.4, 0.5) is 0 Å². The van der Waals surface area contributed by atoms with Gasteiger partial charge in [-0.25, -0.2) is 9.78 Å². The molecular formula is C18H21BN4O6. The van der Waals surface area contributed by atoms with Gasteiger partial charge in [-0.2, -0.15) is 0 Å². The van der Waals surface area contributed by atoms with Gasteiger partial charge in [-0.3, -0.25) is 4.79 Å². The van der Waals surface area contributed by atoms with Crippen LogP contribution in [-0.2, 0) is 18.3 Å². The Hall–Kier alpha value is -3.05. The van der Waals surface area contributed by atoms with Crippen LogP contribution in [0.25, 0.3) is 0 Å². The molecule has 1 aromatic heterocycles. The number of carbonyl (C=O) groups excluding carboxylic acids is 1. The molecule has 29 heavy (non-hydrogen) atoms. The molecule has 1 amide bonds. The lowest BCUT2D eigenvalue weighted by Crippen LogP contribution is -2.58. The number of amides is 1. The van der Waals surface area contributed by atoms with E-state index in [1.165, 1.54) is 0 Å². The lowest BCUT2D eigenvalue weighted by Gasteiger charge is -2.40. The van der Waals surface area contributed by atoms with E-state index < -0.39 is 19.1 Å². The van der Waals surface area contributed by atoms with Gasteiger partial charge in [0.25, 0.3) is 0 Å². The fraction of sp³-hybridized carbons (Fsp3) is 0.389. The van der Waals surface area contributed by atoms with Gasteiger partial charge < -0.3 is 34.7 Å². The molecule has 1 unspecified atom stereocenters. The number of benzene rings is 1. The Kier molecular flexibility index (Phi) is 4.93. The minimum Gasteiger partial charge on any atom is -0.535 e. The molecule has 2 aromatic rings. The summed E-state index contributed by atoms with van der Waals surface area (Å²) in [7, 11) is 0.723. The second-order valence-electron chi connectivity index (χ2n) is 7.23. The van der Waals surface area contributed by atoms with Crippen molar-refractivity contribution >= 4 is 19.0 Å². The molecule has 2 aliphatic rings. The first-order chi connectivity index (χ1) is 13.8. The number of aromatic carboxylic acids is 1. The maximum atomic E-state index is 12.5. The minimum absolute atomic E-state index is 0.113. The van der Waals surface area contributed by atoms with Crippen LogP contribution in [0.15, 0.2) is 24.7 Å². The Balaban J connectivity index is 1.44. The van der Waals surface area contributed by atoms with Crippen LogP contribution in [0.3, 0.4) is 0 Å². The van der Waals surface area contributed by atoms with E-state index in [1.807, 2.05) is 0 Å². The van der Waals surface area contributed by atoms with Gasteiger partial charge in [0.15, 0.2) is 0 Å². The molecule has 1 atom stereocenters. The molecule has 11 heteroatoms. The fourth-order valence-electron chi connectivity index (χ4n) is 3.58. The molecule has 1 aromatic carbocycles. The molecule has 4 N–H and O–H groups in total. The standard InChI is InChI=1S/C18H21BN4O6/c1-22-9-21-6-12(22)15(20)17(24)23-7-11(8-23)28-13-3-2-10-4-5-19(27)29-16(10)14(13)18(25)26/h2-3,6,9,11,15,27H,4-5,7-8,20H2,1H3,(H,25,26). The number of carboxylic acids is 1. The highest BCUT2D eigenvalue weighted by Gasteiger charge is 2.37. The number of carbonyl (C=O) groups is 2. The molecule has 10 nitrogen and oxygen atoms in total. The maximum Gasteiger partial charge on any atom is 0.522 e. The number of aryl methyl sites for hydroxylation is 2. The summed E-state index contributed by atoms with van der Waals surface area (Å²) in [4.78, 5) is 29.8. The van der Waals surface area contributed by atoms with Crippen LogP contribution >= 0.6 is 0 Å². The van der Waals surface area contributed by atoms with Crippen molar-refractivity contribution in [1.82, 2.24) is 14.5 Å². The van der Waals surface area contributed by atoms with Crippen LogP contribution in [0.2, 0.25) is 6.32 Å². The number of nitrogens with two attached hydrogens (primary N) is 1. The first-order valence-electron chi connectivity index (χ1n) is 9.26. The van der Waals surface area contributed by atoms with Crippen LogP contribution in [0.1, 0.15) is 27.7 Å². The predicted octanol–water partition coefficient (Wildman–Crippen LogP) is -0.177. The van der Waals surface area contributed by atoms with E-state index in [9.17, 15) is 19.7 Å². The van der Waals surface area contributed by atoms with Crippen LogP contribution in [0, 0.1) is 0 Å². The quantitative estimate of drug-likeness (QED) is 0.588. The average molecular weight is 400 g/mol. The molecule has 1 fully saturated rings. The van der Waals surface area contributed by atoms with Crippen LogP contribution in [0.5, 0.6) is 11.5 Å². The van der Waals surface area contributed by atoms with Crippen LogP contribution in [-0.4, -0.2) is 62.8 Å². The molecule has 0 spiro atoms. The Morgan fingerprint density at radius 1 is 1.41 bits per heavy atom. The third kappa shape index (κ3) is 3.54. The van der Waals surface area contributed by atoms with E-state index in [4.69, 9.17) is 15.1 Å². The molecular weight excluding hydrogens is 379 g/mol. The highest BCUT2D eigenvalue weighted by Crippen LogP contribution is 2.37. The van der Waals surface area contributed by atoms with Gasteiger partial charge in [-0.1, -0.05) is 6.07 Å². The summed E-state index contributed by atoms with van der Waals surface area (Å²) >= 11 is 0. The Morgan fingerprint density at radius 3 is 2.83 bits per heavy atom. The van der Waals surface area contributed by atoms with E-state index >= 15 is 0 Å². The molecule has 0 bridgehead atoms. The molecule has 1 saturated heterocycles. The second-order valence-corrected chi connectivity index (χ2v) is 7.23. The van der Waals surface area contributed by atoms with Gasteiger partial charge in [0.1, 0.15) is 29.2 Å². The number of ether oxygens (including phenoxy) is 1. The van der Waals surface area contributed by atoms with E-state index in [-0.39, 0.29) is 29.1 Å². The zero-order valence-electron chi connectivity index (χ0n) is 15.8. The van der Waals surface area contributed by atoms with Crippen molar-refractivity contribution in [1.29, 1.82) is 0 Å². The molecule has 0 saturated carbocycles. The molecule has 2 aliphatic heterocycles. The number of likely N-dealkylation sites (tertiary alicyclic amines) is 1. The highest BCUT2D eigenvalue weighted by atomic mass is 16.5. The van der Waals surface area contributed by atoms with Crippen molar-refractivity contribution in [2.75, 3.05) is 13.1 Å². The first kappa shape index (κ1) is 19.3. The third-order valence-electron chi connectivity index (χ3n) is 5.22. The lowest BCUT2D eigenvalue weighted by atomic mass is 9.78. The van der Waals surface area contributed by atoms with Gasteiger partial charge in [0.2, 0.25) is 5.91 Å². The van der Waals surface area contributed by atoms with Crippen molar-refractivity contribution in [2.24, 2.45) is 12.8 Å². The minimum atomic E-state index is -1.20. The fourth-order valence-corrected chi connectivity index (χ4v) is 3.58. The Bertz CT molecular complexity index is 958. The van der Waals surface area contributed by atoms with E-state index in [2.05, 4.69) is 4.98 Å². The van der Waals surface area contributed by atoms with Crippen molar-refractivity contribution in [3.8, 4) is 11.5 Å². The molecule has 0 aliphatic carbocycles. The van der Waals surface area contributed by atoms with Gasteiger partial charge in [0.05, 0.1) is 31.3 Å². The topological polar surface area (TPSA) is 140 Å². The molecule has 3 heterocycles. The van der Waals surface area contributed by atoms with Crippen molar-refractivity contribution in [3.63, 3.8) is 0 Å². The number of carboxylic acid groups (broad SMARTS) is 1. The average Bonchev–Trinajstić information content (AvgIpc) is 3.08. The largest absolute Gasteiger partial charge is 0.535 e. The summed E-state index contributed by atoms with van der Waals surface area (Å²) in [5.41, 5.74) is 7.25. The summed E-state index contributed by atoms with van der Waals surface area (Å²) in [5, 5.41) is 19.3. The normalized spacial score (nSPS) is 17.2. The van der Waals surface area contributed by atoms with Crippen LogP contribution < -0.4 is 15.1 Å². The molecule has 0 radical (unpaired) electrons. The maximum absolute atomic E-state index is 12.5. The lowest BCUT2D eigenvalue weighted by molar-refractivity contribution is -0.141. The number of aromatic nitrogens is 2. The van der Waals surface area contributed by atoms with E-state index in [0.29, 0.717) is 37.1 Å². The number of hydrogen-bond donors (Lipinski definition) is 3. The smallest absolute Gasteiger partial charge is 0.522 e.